The van der Waals surface area contributed by atoms with Crippen LogP contribution >= 0.6 is 0 Å². The second-order valence-corrected chi connectivity index (χ2v) is 6.74. The van der Waals surface area contributed by atoms with Crippen molar-refractivity contribution in [3.8, 4) is 5.75 Å². The second kappa shape index (κ2) is 8.06. The summed E-state index contributed by atoms with van der Waals surface area (Å²) in [6.07, 6.45) is 1.41. The summed E-state index contributed by atoms with van der Waals surface area (Å²) in [4.78, 5) is 13.0. The van der Waals surface area contributed by atoms with Crippen LogP contribution in [-0.2, 0) is 10.4 Å². The summed E-state index contributed by atoms with van der Waals surface area (Å²) in [5.41, 5.74) is 4.10. The average Bonchev–Trinajstić information content (AvgIpc) is 2.68. The maximum absolute atomic E-state index is 13.0. The fourth-order valence-corrected chi connectivity index (χ4v) is 2.87. The summed E-state index contributed by atoms with van der Waals surface area (Å²) in [5.74, 6) is -0.567. The lowest BCUT2D eigenvalue weighted by molar-refractivity contribution is -0.136. The van der Waals surface area contributed by atoms with Crippen LogP contribution in [0.4, 0.5) is 0 Å². The number of hydrogen-bond donors (Lipinski definition) is 3. The van der Waals surface area contributed by atoms with Crippen LogP contribution < -0.4 is 5.43 Å². The number of benzene rings is 3. The van der Waals surface area contributed by atoms with Crippen molar-refractivity contribution in [2.45, 2.75) is 19.4 Å². The van der Waals surface area contributed by atoms with Crippen LogP contribution in [0.1, 0.15) is 27.8 Å². The molecule has 3 aromatic rings. The number of aryl methyl sites for hydroxylation is 2. The van der Waals surface area contributed by atoms with E-state index in [1.165, 1.54) is 12.3 Å². The van der Waals surface area contributed by atoms with Crippen LogP contribution in [0.15, 0.2) is 77.9 Å². The molecule has 3 aromatic carbocycles. The molecule has 5 heteroatoms. The number of nitrogens with zero attached hydrogens (tertiary/aromatic N) is 1. The first kappa shape index (κ1) is 19.3. The number of hydrazone groups is 1. The number of carbonyl (C=O) groups is 1. The summed E-state index contributed by atoms with van der Waals surface area (Å²) >= 11 is 0. The minimum absolute atomic E-state index is 0.103. The van der Waals surface area contributed by atoms with Gasteiger partial charge in [0.1, 0.15) is 5.75 Å². The van der Waals surface area contributed by atoms with Gasteiger partial charge in [0, 0.05) is 0 Å². The number of phenolic OH excluding ortho intramolecular Hbond substituents is 1. The number of aliphatic hydroxyl groups is 1. The molecule has 0 aromatic heterocycles. The Morgan fingerprint density at radius 3 is 1.96 bits per heavy atom. The third kappa shape index (κ3) is 4.10. The van der Waals surface area contributed by atoms with Crippen molar-refractivity contribution in [2.75, 3.05) is 0 Å². The Hall–Kier alpha value is -3.44. The molecule has 142 valence electrons. The molecule has 0 aliphatic heterocycles. The van der Waals surface area contributed by atoms with Gasteiger partial charge in [-0.15, -0.1) is 0 Å². The van der Waals surface area contributed by atoms with Crippen LogP contribution in [0.25, 0.3) is 0 Å². The Balaban J connectivity index is 1.93. The first-order valence-electron chi connectivity index (χ1n) is 8.89. The van der Waals surface area contributed by atoms with E-state index in [2.05, 4.69) is 10.5 Å². The molecule has 0 bridgehead atoms. The van der Waals surface area contributed by atoms with Gasteiger partial charge in [-0.25, -0.2) is 5.43 Å². The number of aromatic hydroxyl groups is 1. The Labute approximate surface area is 164 Å². The first-order valence-corrected chi connectivity index (χ1v) is 8.89. The van der Waals surface area contributed by atoms with Crippen molar-refractivity contribution < 1.29 is 15.0 Å². The first-order chi connectivity index (χ1) is 13.4. The molecule has 28 heavy (non-hydrogen) atoms. The normalized spacial score (nSPS) is 11.5. The zero-order valence-corrected chi connectivity index (χ0v) is 15.8. The summed E-state index contributed by atoms with van der Waals surface area (Å²) in [6, 6.07) is 20.8. The Bertz CT molecular complexity index is 948. The van der Waals surface area contributed by atoms with E-state index in [4.69, 9.17) is 0 Å². The van der Waals surface area contributed by atoms with E-state index in [1.54, 1.807) is 42.5 Å². The largest absolute Gasteiger partial charge is 0.508 e. The van der Waals surface area contributed by atoms with Crippen LogP contribution in [0.2, 0.25) is 0 Å². The van der Waals surface area contributed by atoms with Crippen molar-refractivity contribution in [1.29, 1.82) is 0 Å². The molecular formula is C23H22N2O3. The number of rotatable bonds is 5. The molecule has 0 aliphatic rings. The standard InChI is InChI=1S/C23H22N2O3/c1-16-6-10-19(11-7-16)23(28,20-12-8-17(2)9-13-20)22(27)25-24-15-18-4-3-5-21(26)14-18/h3-15,26,28H,1-2H3,(H,25,27)/b24-15+. The number of phenols is 1. The molecular weight excluding hydrogens is 352 g/mol. The highest BCUT2D eigenvalue weighted by Gasteiger charge is 2.40. The van der Waals surface area contributed by atoms with E-state index < -0.39 is 11.5 Å². The van der Waals surface area contributed by atoms with E-state index in [1.807, 2.05) is 38.1 Å². The zero-order chi connectivity index (χ0) is 20.1. The van der Waals surface area contributed by atoms with Gasteiger partial charge in [0.25, 0.3) is 5.91 Å². The highest BCUT2D eigenvalue weighted by molar-refractivity contribution is 5.91. The quantitative estimate of drug-likeness (QED) is 0.473. The van der Waals surface area contributed by atoms with Gasteiger partial charge in [0.15, 0.2) is 5.60 Å². The predicted octanol–water partition coefficient (Wildman–Crippen LogP) is 3.40. The molecule has 3 N–H and O–H groups in total. The zero-order valence-electron chi connectivity index (χ0n) is 15.8. The van der Waals surface area contributed by atoms with Crippen LogP contribution in [0, 0.1) is 13.8 Å². The van der Waals surface area contributed by atoms with Gasteiger partial charge in [0.05, 0.1) is 6.21 Å². The topological polar surface area (TPSA) is 81.9 Å². The summed E-state index contributed by atoms with van der Waals surface area (Å²) in [7, 11) is 0. The van der Waals surface area contributed by atoms with Crippen LogP contribution in [0.5, 0.6) is 5.75 Å². The SMILES string of the molecule is Cc1ccc(C(O)(C(=O)N/N=C/c2cccc(O)c2)c2ccc(C)cc2)cc1. The Morgan fingerprint density at radius 2 is 1.46 bits per heavy atom. The van der Waals surface area contributed by atoms with Gasteiger partial charge in [-0.1, -0.05) is 71.8 Å². The summed E-state index contributed by atoms with van der Waals surface area (Å²) < 4.78 is 0. The van der Waals surface area contributed by atoms with Crippen molar-refractivity contribution in [2.24, 2.45) is 5.10 Å². The van der Waals surface area contributed by atoms with Crippen molar-refractivity contribution in [1.82, 2.24) is 5.43 Å². The van der Waals surface area contributed by atoms with E-state index in [-0.39, 0.29) is 5.75 Å². The van der Waals surface area contributed by atoms with Crippen molar-refractivity contribution in [3.63, 3.8) is 0 Å². The van der Waals surface area contributed by atoms with E-state index in [0.717, 1.165) is 11.1 Å². The number of amides is 1. The van der Waals surface area contributed by atoms with E-state index >= 15 is 0 Å². The maximum Gasteiger partial charge on any atom is 0.281 e. The third-order valence-electron chi connectivity index (χ3n) is 4.52. The van der Waals surface area contributed by atoms with Gasteiger partial charge in [-0.2, -0.15) is 5.10 Å². The monoisotopic (exact) mass is 374 g/mol. The molecule has 0 radical (unpaired) electrons. The average molecular weight is 374 g/mol. The third-order valence-corrected chi connectivity index (χ3v) is 4.52. The number of hydrogen-bond acceptors (Lipinski definition) is 4. The van der Waals surface area contributed by atoms with Gasteiger partial charge in [-0.3, -0.25) is 4.79 Å². The lowest BCUT2D eigenvalue weighted by Crippen LogP contribution is -2.43. The van der Waals surface area contributed by atoms with Gasteiger partial charge in [-0.05, 0) is 42.7 Å². The van der Waals surface area contributed by atoms with Gasteiger partial charge < -0.3 is 10.2 Å². The van der Waals surface area contributed by atoms with Crippen molar-refractivity contribution >= 4 is 12.1 Å². The molecule has 0 atom stereocenters. The molecule has 0 unspecified atom stereocenters. The fourth-order valence-electron chi connectivity index (χ4n) is 2.87. The summed E-state index contributed by atoms with van der Waals surface area (Å²) in [5, 5.41) is 24.9. The molecule has 0 saturated heterocycles. The van der Waals surface area contributed by atoms with Gasteiger partial charge in [0.2, 0.25) is 0 Å². The molecule has 5 nitrogen and oxygen atoms in total. The smallest absolute Gasteiger partial charge is 0.281 e. The summed E-state index contributed by atoms with van der Waals surface area (Å²) in [6.45, 7) is 3.88. The molecule has 0 spiro atoms. The van der Waals surface area contributed by atoms with Crippen LogP contribution in [-0.4, -0.2) is 22.3 Å². The Morgan fingerprint density at radius 1 is 0.929 bits per heavy atom. The number of carbonyl (C=O) groups excluding carboxylic acids is 1. The Kier molecular flexibility index (Phi) is 5.57. The highest BCUT2D eigenvalue weighted by atomic mass is 16.3. The second-order valence-electron chi connectivity index (χ2n) is 6.74. The minimum atomic E-state index is -1.89. The van der Waals surface area contributed by atoms with E-state index in [0.29, 0.717) is 16.7 Å². The van der Waals surface area contributed by atoms with Gasteiger partial charge >= 0.3 is 0 Å². The fraction of sp³-hybridized carbons (Fsp3) is 0.130. The van der Waals surface area contributed by atoms with E-state index in [9.17, 15) is 15.0 Å². The molecule has 0 saturated carbocycles. The molecule has 0 heterocycles. The van der Waals surface area contributed by atoms with Crippen molar-refractivity contribution in [3.05, 3.63) is 101 Å². The minimum Gasteiger partial charge on any atom is -0.508 e. The maximum atomic E-state index is 13.0. The molecule has 3 rings (SSSR count). The highest BCUT2D eigenvalue weighted by Crippen LogP contribution is 2.30. The lowest BCUT2D eigenvalue weighted by Gasteiger charge is -2.27. The predicted molar refractivity (Wildman–Crippen MR) is 109 cm³/mol. The molecule has 0 fully saturated rings. The molecule has 0 aliphatic carbocycles. The number of nitrogens with one attached hydrogen (secondary N) is 1. The lowest BCUT2D eigenvalue weighted by atomic mass is 9.85. The molecule has 1 amide bonds. The van der Waals surface area contributed by atoms with Crippen LogP contribution in [0.3, 0.4) is 0 Å².